The van der Waals surface area contributed by atoms with Crippen LogP contribution in [0.2, 0.25) is 0 Å². The van der Waals surface area contributed by atoms with Crippen molar-refractivity contribution in [3.63, 3.8) is 0 Å². The van der Waals surface area contributed by atoms with Crippen LogP contribution in [-0.4, -0.2) is 37.2 Å². The topological polar surface area (TPSA) is 49.4 Å². The smallest absolute Gasteiger partial charge is 0.202 e. The summed E-state index contributed by atoms with van der Waals surface area (Å²) < 4.78 is 28.0. The molecular formula is C9H19BrN2O2S. The van der Waals surface area contributed by atoms with Gasteiger partial charge < -0.3 is 0 Å². The average Bonchev–Trinajstić information content (AvgIpc) is 2.18. The molecule has 1 aliphatic heterocycles. The second-order valence-corrected chi connectivity index (χ2v) is 6.40. The van der Waals surface area contributed by atoms with Crippen molar-refractivity contribution in [2.24, 2.45) is 0 Å². The molecule has 0 spiro atoms. The zero-order valence-electron chi connectivity index (χ0n) is 9.08. The van der Waals surface area contributed by atoms with Gasteiger partial charge in [0.2, 0.25) is 0 Å². The maximum absolute atomic E-state index is 11.9. The van der Waals surface area contributed by atoms with Crippen molar-refractivity contribution in [3.8, 4) is 0 Å². The van der Waals surface area contributed by atoms with E-state index in [2.05, 4.69) is 20.7 Å². The zero-order chi connectivity index (χ0) is 11.3. The highest BCUT2D eigenvalue weighted by atomic mass is 79.9. The summed E-state index contributed by atoms with van der Waals surface area (Å²) in [4.78, 5) is 0. The molecule has 0 radical (unpaired) electrons. The lowest BCUT2D eigenvalue weighted by Gasteiger charge is -2.32. The van der Waals surface area contributed by atoms with Crippen molar-refractivity contribution >= 4 is 26.1 Å². The number of nitrogens with one attached hydrogen (secondary N) is 1. The van der Waals surface area contributed by atoms with Crippen molar-refractivity contribution in [2.75, 3.05) is 18.4 Å². The van der Waals surface area contributed by atoms with E-state index in [0.717, 1.165) is 31.0 Å². The molecule has 4 nitrogen and oxygen atoms in total. The number of hydrogen-bond acceptors (Lipinski definition) is 2. The Morgan fingerprint density at radius 2 is 2.20 bits per heavy atom. The molecule has 90 valence electrons. The zero-order valence-corrected chi connectivity index (χ0v) is 11.5. The van der Waals surface area contributed by atoms with E-state index in [1.54, 1.807) is 4.31 Å². The van der Waals surface area contributed by atoms with E-state index in [9.17, 15) is 8.42 Å². The van der Waals surface area contributed by atoms with Gasteiger partial charge in [0.1, 0.15) is 0 Å². The number of nitrogens with zero attached hydrogens (tertiary/aromatic N) is 1. The number of rotatable bonds is 5. The summed E-state index contributed by atoms with van der Waals surface area (Å²) in [5.41, 5.74) is 0. The molecule has 1 unspecified atom stereocenters. The van der Waals surface area contributed by atoms with Crippen molar-refractivity contribution in [2.45, 2.75) is 38.6 Å². The maximum atomic E-state index is 11.9. The number of piperidine rings is 1. The van der Waals surface area contributed by atoms with Crippen LogP contribution in [0.4, 0.5) is 0 Å². The van der Waals surface area contributed by atoms with Gasteiger partial charge >= 0.3 is 0 Å². The SMILES string of the molecule is CC1CCCCN1S(=O)(=O)NCCCBr. The summed E-state index contributed by atoms with van der Waals surface area (Å²) in [5, 5.41) is 0.824. The molecule has 6 heteroatoms. The first-order valence-electron chi connectivity index (χ1n) is 5.40. The molecule has 0 saturated carbocycles. The van der Waals surface area contributed by atoms with E-state index in [0.29, 0.717) is 13.1 Å². The average molecular weight is 299 g/mol. The van der Waals surface area contributed by atoms with E-state index in [4.69, 9.17) is 0 Å². The molecule has 1 aliphatic rings. The Morgan fingerprint density at radius 3 is 2.80 bits per heavy atom. The number of halogens is 1. The van der Waals surface area contributed by atoms with Gasteiger partial charge in [-0.05, 0) is 26.2 Å². The van der Waals surface area contributed by atoms with Gasteiger partial charge in [0, 0.05) is 24.5 Å². The minimum Gasteiger partial charge on any atom is -0.202 e. The Labute approximate surface area is 101 Å². The fourth-order valence-corrected chi connectivity index (χ4v) is 3.58. The van der Waals surface area contributed by atoms with Gasteiger partial charge in [-0.25, -0.2) is 4.72 Å². The molecule has 1 rings (SSSR count). The first-order valence-corrected chi connectivity index (χ1v) is 7.96. The van der Waals surface area contributed by atoms with Gasteiger partial charge in [0.25, 0.3) is 10.2 Å². The molecule has 1 fully saturated rings. The minimum absolute atomic E-state index is 0.139. The molecule has 1 heterocycles. The lowest BCUT2D eigenvalue weighted by Crippen LogP contribution is -2.48. The predicted octanol–water partition coefficient (Wildman–Crippen LogP) is 1.48. The van der Waals surface area contributed by atoms with Gasteiger partial charge in [-0.2, -0.15) is 12.7 Å². The summed E-state index contributed by atoms with van der Waals surface area (Å²) in [6.07, 6.45) is 3.90. The van der Waals surface area contributed by atoms with Crippen LogP contribution in [0.1, 0.15) is 32.6 Å². The Kier molecular flexibility index (Phi) is 5.52. The standard InChI is InChI=1S/C9H19BrN2O2S/c1-9-5-2-3-8-12(9)15(13,14)11-7-4-6-10/h9,11H,2-8H2,1H3. The van der Waals surface area contributed by atoms with Crippen LogP contribution in [-0.2, 0) is 10.2 Å². The lowest BCUT2D eigenvalue weighted by molar-refractivity contribution is 0.265. The highest BCUT2D eigenvalue weighted by Crippen LogP contribution is 2.18. The third-order valence-corrected chi connectivity index (χ3v) is 4.94. The first kappa shape index (κ1) is 13.4. The Balaban J connectivity index is 2.51. The maximum Gasteiger partial charge on any atom is 0.279 e. The number of hydrogen-bond donors (Lipinski definition) is 1. The highest BCUT2D eigenvalue weighted by Gasteiger charge is 2.28. The molecule has 0 aromatic heterocycles. The van der Waals surface area contributed by atoms with Crippen LogP contribution in [0.25, 0.3) is 0 Å². The molecule has 0 aromatic rings. The predicted molar refractivity (Wildman–Crippen MR) is 65.4 cm³/mol. The van der Waals surface area contributed by atoms with E-state index in [-0.39, 0.29) is 6.04 Å². The van der Waals surface area contributed by atoms with Crippen molar-refractivity contribution < 1.29 is 8.42 Å². The van der Waals surface area contributed by atoms with Crippen LogP contribution >= 0.6 is 15.9 Å². The molecule has 0 aliphatic carbocycles. The second kappa shape index (κ2) is 6.18. The molecule has 0 aromatic carbocycles. The molecular weight excluding hydrogens is 280 g/mol. The normalized spacial score (nSPS) is 24.3. The Bertz CT molecular complexity index is 282. The van der Waals surface area contributed by atoms with Crippen molar-refractivity contribution in [1.82, 2.24) is 9.03 Å². The van der Waals surface area contributed by atoms with Crippen molar-refractivity contribution in [3.05, 3.63) is 0 Å². The van der Waals surface area contributed by atoms with Crippen LogP contribution in [0.15, 0.2) is 0 Å². The summed E-state index contributed by atoms with van der Waals surface area (Å²) in [6.45, 7) is 3.14. The van der Waals surface area contributed by atoms with E-state index < -0.39 is 10.2 Å². The highest BCUT2D eigenvalue weighted by molar-refractivity contribution is 9.09. The minimum atomic E-state index is -3.24. The van der Waals surface area contributed by atoms with Crippen molar-refractivity contribution in [1.29, 1.82) is 0 Å². The molecule has 0 bridgehead atoms. The van der Waals surface area contributed by atoms with Crippen LogP contribution in [0.5, 0.6) is 0 Å². The fourth-order valence-electron chi connectivity index (χ4n) is 1.78. The summed E-state index contributed by atoms with van der Waals surface area (Å²) in [6, 6.07) is 0.139. The van der Waals surface area contributed by atoms with E-state index >= 15 is 0 Å². The first-order chi connectivity index (χ1) is 7.08. The third kappa shape index (κ3) is 4.01. The summed E-state index contributed by atoms with van der Waals surface area (Å²) in [5.74, 6) is 0. The van der Waals surface area contributed by atoms with Gasteiger partial charge in [0.05, 0.1) is 0 Å². The quantitative estimate of drug-likeness (QED) is 0.617. The summed E-state index contributed by atoms with van der Waals surface area (Å²) in [7, 11) is -3.24. The third-order valence-electron chi connectivity index (χ3n) is 2.65. The number of alkyl halides is 1. The van der Waals surface area contributed by atoms with Gasteiger partial charge in [-0.1, -0.05) is 22.4 Å². The lowest BCUT2D eigenvalue weighted by atomic mass is 10.1. The van der Waals surface area contributed by atoms with Gasteiger partial charge in [-0.15, -0.1) is 0 Å². The molecule has 1 atom stereocenters. The molecule has 0 amide bonds. The molecule has 1 saturated heterocycles. The fraction of sp³-hybridized carbons (Fsp3) is 1.00. The van der Waals surface area contributed by atoms with Crippen LogP contribution < -0.4 is 4.72 Å². The summed E-state index contributed by atoms with van der Waals surface area (Å²) >= 11 is 3.28. The van der Waals surface area contributed by atoms with Gasteiger partial charge in [-0.3, -0.25) is 0 Å². The van der Waals surface area contributed by atoms with E-state index in [1.165, 1.54) is 0 Å². The monoisotopic (exact) mass is 298 g/mol. The Morgan fingerprint density at radius 1 is 1.47 bits per heavy atom. The van der Waals surface area contributed by atoms with Crippen LogP contribution in [0, 0.1) is 0 Å². The second-order valence-electron chi connectivity index (χ2n) is 3.90. The van der Waals surface area contributed by atoms with Crippen LogP contribution in [0.3, 0.4) is 0 Å². The Hall–Kier alpha value is 0.350. The molecule has 1 N–H and O–H groups in total. The largest absolute Gasteiger partial charge is 0.279 e. The van der Waals surface area contributed by atoms with E-state index in [1.807, 2.05) is 6.92 Å². The molecule has 15 heavy (non-hydrogen) atoms. The van der Waals surface area contributed by atoms with Gasteiger partial charge in [0.15, 0.2) is 0 Å².